The van der Waals surface area contributed by atoms with Crippen molar-refractivity contribution in [2.45, 2.75) is 64.5 Å². The van der Waals surface area contributed by atoms with E-state index < -0.39 is 10.1 Å². The van der Waals surface area contributed by atoms with Gasteiger partial charge in [0.15, 0.2) is 0 Å². The Balaban J connectivity index is 0.000000743. The van der Waals surface area contributed by atoms with Gasteiger partial charge in [-0.25, -0.2) is 0 Å². The Morgan fingerprint density at radius 3 is 1.44 bits per heavy atom. The SMILES string of the molecule is CS(=O)(=O)O.c1ccc2c(CNCCCCCCNCc3c(OCC4CC4)ccc4ccccc34)c(OCC3CC3)ccc2c1. The van der Waals surface area contributed by atoms with E-state index in [-0.39, 0.29) is 0 Å². The van der Waals surface area contributed by atoms with Crippen molar-refractivity contribution >= 4 is 31.7 Å². The lowest BCUT2D eigenvalue weighted by atomic mass is 10.0. The molecule has 4 aromatic carbocycles. The zero-order valence-electron chi connectivity index (χ0n) is 26.5. The van der Waals surface area contributed by atoms with E-state index in [2.05, 4.69) is 83.4 Å². The first kappa shape index (κ1) is 33.2. The Bertz CT molecular complexity index is 1520. The highest BCUT2D eigenvalue weighted by atomic mass is 32.2. The summed E-state index contributed by atoms with van der Waals surface area (Å²) in [6.07, 6.45) is 10.9. The van der Waals surface area contributed by atoms with Crippen LogP contribution in [0.2, 0.25) is 0 Å². The van der Waals surface area contributed by atoms with Crippen LogP contribution in [0.3, 0.4) is 0 Å². The van der Waals surface area contributed by atoms with Crippen LogP contribution in [0.15, 0.2) is 72.8 Å². The Labute approximate surface area is 268 Å². The second kappa shape index (κ2) is 16.4. The number of unbranched alkanes of at least 4 members (excludes halogenated alkanes) is 3. The van der Waals surface area contributed by atoms with Gasteiger partial charge < -0.3 is 20.1 Å². The number of ether oxygens (including phenoxy) is 2. The van der Waals surface area contributed by atoms with Gasteiger partial charge in [-0.2, -0.15) is 8.42 Å². The Morgan fingerprint density at radius 1 is 0.644 bits per heavy atom. The molecule has 2 saturated carbocycles. The van der Waals surface area contributed by atoms with Crippen molar-refractivity contribution in [2.24, 2.45) is 11.8 Å². The molecule has 0 saturated heterocycles. The van der Waals surface area contributed by atoms with Crippen molar-refractivity contribution in [2.75, 3.05) is 32.6 Å². The second-order valence-corrected chi connectivity index (χ2v) is 14.0. The molecule has 2 aliphatic carbocycles. The van der Waals surface area contributed by atoms with Gasteiger partial charge >= 0.3 is 0 Å². The van der Waals surface area contributed by atoms with Crippen LogP contribution in [0.25, 0.3) is 21.5 Å². The molecular formula is C37H48N2O5S. The lowest BCUT2D eigenvalue weighted by Gasteiger charge is -2.15. The normalized spacial score (nSPS) is 14.7. The number of rotatable bonds is 17. The molecule has 7 nitrogen and oxygen atoms in total. The van der Waals surface area contributed by atoms with Crippen molar-refractivity contribution in [1.82, 2.24) is 10.6 Å². The van der Waals surface area contributed by atoms with Crippen LogP contribution in [0, 0.1) is 11.8 Å². The lowest BCUT2D eigenvalue weighted by molar-refractivity contribution is 0.296. The number of hydrogen-bond donors (Lipinski definition) is 3. The molecule has 6 rings (SSSR count). The predicted octanol–water partition coefficient (Wildman–Crippen LogP) is 7.51. The van der Waals surface area contributed by atoms with Gasteiger partial charge in [0.2, 0.25) is 0 Å². The summed E-state index contributed by atoms with van der Waals surface area (Å²) in [7, 11) is -3.67. The molecule has 3 N–H and O–H groups in total. The fraction of sp³-hybridized carbons (Fsp3) is 0.459. The fourth-order valence-corrected chi connectivity index (χ4v) is 5.53. The predicted molar refractivity (Wildman–Crippen MR) is 184 cm³/mol. The number of nitrogens with one attached hydrogen (secondary N) is 2. The molecule has 4 aromatic rings. The highest BCUT2D eigenvalue weighted by Crippen LogP contribution is 2.34. The molecular weight excluding hydrogens is 584 g/mol. The molecule has 0 aromatic heterocycles. The molecule has 242 valence electrons. The van der Waals surface area contributed by atoms with Crippen molar-refractivity contribution in [3.8, 4) is 11.5 Å². The monoisotopic (exact) mass is 632 g/mol. The summed E-state index contributed by atoms with van der Waals surface area (Å²) in [4.78, 5) is 0. The molecule has 0 aliphatic heterocycles. The number of hydrogen-bond acceptors (Lipinski definition) is 6. The second-order valence-electron chi connectivity index (χ2n) is 12.5. The van der Waals surface area contributed by atoms with Crippen LogP contribution in [0.1, 0.15) is 62.5 Å². The molecule has 0 amide bonds. The summed E-state index contributed by atoms with van der Waals surface area (Å²) in [5.41, 5.74) is 2.61. The summed E-state index contributed by atoms with van der Waals surface area (Å²) >= 11 is 0. The van der Waals surface area contributed by atoms with Crippen molar-refractivity contribution in [3.63, 3.8) is 0 Å². The van der Waals surface area contributed by atoms with Gasteiger partial charge in [-0.3, -0.25) is 4.55 Å². The molecule has 0 heterocycles. The van der Waals surface area contributed by atoms with Crippen LogP contribution >= 0.6 is 0 Å². The molecule has 0 spiro atoms. The maximum Gasteiger partial charge on any atom is 0.261 e. The van der Waals surface area contributed by atoms with Gasteiger partial charge in [-0.15, -0.1) is 0 Å². The van der Waals surface area contributed by atoms with E-state index in [1.807, 2.05) is 0 Å². The Kier molecular flexibility index (Phi) is 12.1. The first-order chi connectivity index (χ1) is 21.8. The third kappa shape index (κ3) is 11.3. The third-order valence-corrected chi connectivity index (χ3v) is 8.40. The van der Waals surface area contributed by atoms with Gasteiger partial charge in [0.1, 0.15) is 11.5 Å². The summed E-state index contributed by atoms with van der Waals surface area (Å²) in [5.74, 6) is 3.63. The standard InChI is InChI=1S/C36H44N2O2.CH4O3S/c1(7-21-37-23-33-31-11-5-3-9-29(31)17-19-35(33)39-25-27-13-14-27)2-8-22-38-24-34-32-12-6-4-10-30(32)18-20-36(34)40-26-28-15-16-28;1-5(2,3)4/h3-6,9-12,17-20,27-28,37-38H,1-2,7-8,13-16,21-26H2;1H3,(H,2,3,4). The highest BCUT2D eigenvalue weighted by molar-refractivity contribution is 7.85. The summed E-state index contributed by atoms with van der Waals surface area (Å²) < 4.78 is 38.3. The van der Waals surface area contributed by atoms with E-state index in [0.29, 0.717) is 6.26 Å². The number of fused-ring (bicyclic) bond motifs is 2. The minimum atomic E-state index is -3.67. The minimum absolute atomic E-state index is 0.715. The van der Waals surface area contributed by atoms with Gasteiger partial charge in [-0.1, -0.05) is 73.5 Å². The van der Waals surface area contributed by atoms with Crippen molar-refractivity contribution in [3.05, 3.63) is 83.9 Å². The molecule has 2 fully saturated rings. The van der Waals surface area contributed by atoms with Gasteiger partial charge in [-0.05, 0) is 97.1 Å². The summed E-state index contributed by atoms with van der Waals surface area (Å²) in [5, 5.41) is 12.6. The van der Waals surface area contributed by atoms with Crippen molar-refractivity contribution < 1.29 is 22.4 Å². The van der Waals surface area contributed by atoms with Gasteiger partial charge in [0.25, 0.3) is 10.1 Å². The van der Waals surface area contributed by atoms with Crippen LogP contribution in [-0.4, -0.2) is 45.5 Å². The minimum Gasteiger partial charge on any atom is -0.493 e. The molecule has 2 aliphatic rings. The molecule has 45 heavy (non-hydrogen) atoms. The molecule has 8 heteroatoms. The van der Waals surface area contributed by atoms with E-state index in [0.717, 1.165) is 62.7 Å². The smallest absolute Gasteiger partial charge is 0.261 e. The zero-order valence-corrected chi connectivity index (χ0v) is 27.3. The Morgan fingerprint density at radius 2 is 1.04 bits per heavy atom. The van der Waals surface area contributed by atoms with Crippen LogP contribution in [-0.2, 0) is 23.2 Å². The zero-order chi connectivity index (χ0) is 31.5. The maximum atomic E-state index is 9.19. The Hall–Kier alpha value is -3.17. The summed E-state index contributed by atoms with van der Waals surface area (Å²) in [6, 6.07) is 26.0. The average Bonchev–Trinajstić information content (AvgIpc) is 3.96. The van der Waals surface area contributed by atoms with E-state index in [1.54, 1.807) is 0 Å². The third-order valence-electron chi connectivity index (χ3n) is 8.40. The largest absolute Gasteiger partial charge is 0.493 e. The molecule has 0 unspecified atom stereocenters. The quantitative estimate of drug-likeness (QED) is 0.0819. The fourth-order valence-electron chi connectivity index (χ4n) is 5.53. The molecule has 0 radical (unpaired) electrons. The first-order valence-corrected chi connectivity index (χ1v) is 18.3. The van der Waals surface area contributed by atoms with E-state index in [1.165, 1.54) is 84.0 Å². The van der Waals surface area contributed by atoms with Crippen LogP contribution in [0.5, 0.6) is 11.5 Å². The van der Waals surface area contributed by atoms with Crippen LogP contribution in [0.4, 0.5) is 0 Å². The lowest BCUT2D eigenvalue weighted by Crippen LogP contribution is -2.17. The van der Waals surface area contributed by atoms with Gasteiger partial charge in [0.05, 0.1) is 19.5 Å². The molecule has 0 bridgehead atoms. The topological polar surface area (TPSA) is 96.9 Å². The first-order valence-electron chi connectivity index (χ1n) is 16.5. The van der Waals surface area contributed by atoms with Crippen molar-refractivity contribution in [1.29, 1.82) is 0 Å². The van der Waals surface area contributed by atoms with E-state index in [9.17, 15) is 8.42 Å². The average molecular weight is 633 g/mol. The maximum absolute atomic E-state index is 9.19. The number of benzene rings is 4. The van der Waals surface area contributed by atoms with E-state index in [4.69, 9.17) is 14.0 Å². The van der Waals surface area contributed by atoms with Crippen LogP contribution < -0.4 is 20.1 Å². The highest BCUT2D eigenvalue weighted by Gasteiger charge is 2.23. The van der Waals surface area contributed by atoms with E-state index >= 15 is 0 Å². The molecule has 0 atom stereocenters. The van der Waals surface area contributed by atoms with Gasteiger partial charge in [0, 0.05) is 24.2 Å². The summed E-state index contributed by atoms with van der Waals surface area (Å²) in [6.45, 7) is 5.51.